The Balaban J connectivity index is 2.85. The fourth-order valence-corrected chi connectivity index (χ4v) is 2.93. The van der Waals surface area contributed by atoms with E-state index < -0.39 is 23.9 Å². The number of benzene rings is 1. The van der Waals surface area contributed by atoms with Gasteiger partial charge in [0.05, 0.1) is 0 Å². The van der Waals surface area contributed by atoms with Crippen LogP contribution in [0.15, 0.2) is 24.3 Å². The van der Waals surface area contributed by atoms with Crippen LogP contribution >= 0.6 is 22.6 Å². The molecule has 0 unspecified atom stereocenters. The van der Waals surface area contributed by atoms with Gasteiger partial charge in [0.15, 0.2) is 0 Å². The maximum atomic E-state index is 12.5. The summed E-state index contributed by atoms with van der Waals surface area (Å²) in [7, 11) is 0. The number of nitrogens with two attached hydrogens (primary N) is 1. The first-order chi connectivity index (χ1) is 11.2. The predicted molar refractivity (Wildman–Crippen MR) is 101 cm³/mol. The van der Waals surface area contributed by atoms with E-state index >= 15 is 0 Å². The van der Waals surface area contributed by atoms with Crippen LogP contribution in [0, 0.1) is 9.49 Å². The summed E-state index contributed by atoms with van der Waals surface area (Å²) in [4.78, 5) is 35.5. The molecule has 4 N–H and O–H groups in total. The van der Waals surface area contributed by atoms with Crippen molar-refractivity contribution in [2.24, 2.45) is 11.7 Å². The Morgan fingerprint density at radius 2 is 1.75 bits per heavy atom. The molecule has 0 aliphatic rings. The van der Waals surface area contributed by atoms with E-state index in [0.717, 1.165) is 9.13 Å². The highest BCUT2D eigenvalue weighted by Gasteiger charge is 2.26. The second-order valence-corrected chi connectivity index (χ2v) is 7.30. The monoisotopic (exact) mass is 445 g/mol. The van der Waals surface area contributed by atoms with Gasteiger partial charge >= 0.3 is 0 Å². The Morgan fingerprint density at radius 1 is 1.12 bits per heavy atom. The van der Waals surface area contributed by atoms with Gasteiger partial charge in [0, 0.05) is 16.9 Å². The third kappa shape index (κ3) is 6.86. The molecule has 0 aromatic heterocycles. The average Bonchev–Trinajstić information content (AvgIpc) is 2.46. The second-order valence-electron chi connectivity index (χ2n) is 6.14. The number of rotatable bonds is 8. The molecule has 0 saturated carbocycles. The molecule has 0 bridgehead atoms. The lowest BCUT2D eigenvalue weighted by molar-refractivity contribution is -0.131. The molecule has 0 spiro atoms. The number of amides is 3. The molecule has 0 saturated heterocycles. The van der Waals surface area contributed by atoms with E-state index in [0.29, 0.717) is 12.8 Å². The highest BCUT2D eigenvalue weighted by molar-refractivity contribution is 14.1. The normalized spacial score (nSPS) is 13.2. The number of hydrogen-bond acceptors (Lipinski definition) is 3. The lowest BCUT2D eigenvalue weighted by Crippen LogP contribution is -2.53. The van der Waals surface area contributed by atoms with Gasteiger partial charge in [-0.15, -0.1) is 0 Å². The smallest absolute Gasteiger partial charge is 0.243 e. The summed E-state index contributed by atoms with van der Waals surface area (Å²) >= 11 is 2.17. The molecule has 0 aliphatic heterocycles. The molecule has 7 heteroatoms. The van der Waals surface area contributed by atoms with E-state index in [1.54, 1.807) is 0 Å². The Hall–Kier alpha value is -1.64. The van der Waals surface area contributed by atoms with Crippen molar-refractivity contribution in [3.05, 3.63) is 33.4 Å². The van der Waals surface area contributed by atoms with Crippen LogP contribution in [0.4, 0.5) is 0 Å². The molecule has 132 valence electrons. The minimum absolute atomic E-state index is 0.217. The average molecular weight is 445 g/mol. The zero-order chi connectivity index (χ0) is 18.3. The molecule has 1 aromatic carbocycles. The Labute approximate surface area is 156 Å². The molecule has 24 heavy (non-hydrogen) atoms. The molecule has 3 amide bonds. The zero-order valence-corrected chi connectivity index (χ0v) is 16.3. The van der Waals surface area contributed by atoms with Crippen LogP contribution < -0.4 is 16.4 Å². The fraction of sp³-hybridized carbons (Fsp3) is 0.471. The number of hydrogen-bond donors (Lipinski definition) is 3. The first-order valence-corrected chi connectivity index (χ1v) is 8.88. The van der Waals surface area contributed by atoms with Crippen LogP contribution in [-0.4, -0.2) is 29.8 Å². The van der Waals surface area contributed by atoms with E-state index in [-0.39, 0.29) is 11.8 Å². The third-order valence-corrected chi connectivity index (χ3v) is 4.50. The summed E-state index contributed by atoms with van der Waals surface area (Å²) in [6, 6.07) is 6.09. The first kappa shape index (κ1) is 20.4. The number of carbonyl (C=O) groups is 3. The zero-order valence-electron chi connectivity index (χ0n) is 14.1. The van der Waals surface area contributed by atoms with Gasteiger partial charge in [0.1, 0.15) is 12.1 Å². The van der Waals surface area contributed by atoms with Crippen LogP contribution in [0.3, 0.4) is 0 Å². The number of primary amides is 1. The standard InChI is InChI=1S/C17H24IN3O3/c1-10(2)8-15(20-11(3)22)17(24)21-14(16(19)23)9-12-6-4-5-7-13(12)18/h4-7,10,14-15H,8-9H2,1-3H3,(H2,19,23)(H,20,22)(H,21,24)/t14-,15-/m0/s1. The molecule has 2 atom stereocenters. The van der Waals surface area contributed by atoms with Crippen molar-refractivity contribution >= 4 is 40.3 Å². The highest BCUT2D eigenvalue weighted by Crippen LogP contribution is 2.14. The fourth-order valence-electron chi connectivity index (χ4n) is 2.33. The summed E-state index contributed by atoms with van der Waals surface area (Å²) in [5.74, 6) is -1.07. The van der Waals surface area contributed by atoms with Crippen LogP contribution in [0.5, 0.6) is 0 Å². The Bertz CT molecular complexity index is 604. The van der Waals surface area contributed by atoms with Crippen molar-refractivity contribution in [3.8, 4) is 0 Å². The van der Waals surface area contributed by atoms with E-state index in [9.17, 15) is 14.4 Å². The van der Waals surface area contributed by atoms with Gasteiger partial charge in [-0.1, -0.05) is 32.0 Å². The van der Waals surface area contributed by atoms with Gasteiger partial charge in [0.2, 0.25) is 17.7 Å². The van der Waals surface area contributed by atoms with Crippen LogP contribution in [0.2, 0.25) is 0 Å². The number of carbonyl (C=O) groups excluding carboxylic acids is 3. The van der Waals surface area contributed by atoms with Gasteiger partial charge in [-0.2, -0.15) is 0 Å². The summed E-state index contributed by atoms with van der Waals surface area (Å²) in [5, 5.41) is 5.30. The van der Waals surface area contributed by atoms with Gasteiger partial charge in [-0.05, 0) is 46.6 Å². The van der Waals surface area contributed by atoms with Crippen molar-refractivity contribution in [2.75, 3.05) is 0 Å². The van der Waals surface area contributed by atoms with Gasteiger partial charge in [0.25, 0.3) is 0 Å². The molecule has 0 aliphatic carbocycles. The minimum atomic E-state index is -0.822. The van der Waals surface area contributed by atoms with E-state index in [1.807, 2.05) is 38.1 Å². The topological polar surface area (TPSA) is 101 Å². The van der Waals surface area contributed by atoms with E-state index in [4.69, 9.17) is 5.73 Å². The minimum Gasteiger partial charge on any atom is -0.368 e. The summed E-state index contributed by atoms with van der Waals surface area (Å²) in [6.45, 7) is 5.28. The molecule has 1 aromatic rings. The number of halogens is 1. The lowest BCUT2D eigenvalue weighted by atomic mass is 10.0. The maximum Gasteiger partial charge on any atom is 0.243 e. The molecule has 0 radical (unpaired) electrons. The van der Waals surface area contributed by atoms with Crippen molar-refractivity contribution in [3.63, 3.8) is 0 Å². The van der Waals surface area contributed by atoms with Crippen LogP contribution in [0.1, 0.15) is 32.8 Å². The van der Waals surface area contributed by atoms with Crippen molar-refractivity contribution in [2.45, 2.75) is 45.7 Å². The molecule has 0 fully saturated rings. The summed E-state index contributed by atoms with van der Waals surface area (Å²) in [6.07, 6.45) is 0.800. The van der Waals surface area contributed by atoms with Crippen LogP contribution in [-0.2, 0) is 20.8 Å². The molecule has 0 heterocycles. The van der Waals surface area contributed by atoms with Crippen molar-refractivity contribution in [1.82, 2.24) is 10.6 Å². The first-order valence-electron chi connectivity index (χ1n) is 7.81. The maximum absolute atomic E-state index is 12.5. The molecular weight excluding hydrogens is 421 g/mol. The molecule has 1 rings (SSSR count). The summed E-state index contributed by atoms with van der Waals surface area (Å²) < 4.78 is 0.996. The van der Waals surface area contributed by atoms with E-state index in [2.05, 4.69) is 33.2 Å². The quantitative estimate of drug-likeness (QED) is 0.527. The molecular formula is C17H24IN3O3. The van der Waals surface area contributed by atoms with Gasteiger partial charge in [-0.3, -0.25) is 14.4 Å². The highest BCUT2D eigenvalue weighted by atomic mass is 127. The number of nitrogens with one attached hydrogen (secondary N) is 2. The SMILES string of the molecule is CC(=O)N[C@@H](CC(C)C)C(=O)N[C@@H](Cc1ccccc1I)C(N)=O. The second kappa shape index (κ2) is 9.61. The summed E-state index contributed by atoms with van der Waals surface area (Å²) in [5.41, 5.74) is 6.37. The third-order valence-electron chi connectivity index (χ3n) is 3.44. The predicted octanol–water partition coefficient (Wildman–Crippen LogP) is 1.35. The van der Waals surface area contributed by atoms with Crippen molar-refractivity contribution < 1.29 is 14.4 Å². The van der Waals surface area contributed by atoms with Crippen LogP contribution in [0.25, 0.3) is 0 Å². The van der Waals surface area contributed by atoms with Crippen molar-refractivity contribution in [1.29, 1.82) is 0 Å². The Kier molecular flexibility index (Phi) is 8.17. The lowest BCUT2D eigenvalue weighted by Gasteiger charge is -2.23. The Morgan fingerprint density at radius 3 is 2.25 bits per heavy atom. The van der Waals surface area contributed by atoms with Gasteiger partial charge in [-0.25, -0.2) is 0 Å². The molecule has 6 nitrogen and oxygen atoms in total. The van der Waals surface area contributed by atoms with Gasteiger partial charge < -0.3 is 16.4 Å². The largest absolute Gasteiger partial charge is 0.368 e. The van der Waals surface area contributed by atoms with E-state index in [1.165, 1.54) is 6.92 Å².